The molecule has 1 aliphatic heterocycles. The maximum absolute atomic E-state index is 13.5. The summed E-state index contributed by atoms with van der Waals surface area (Å²) in [7, 11) is 0. The summed E-state index contributed by atoms with van der Waals surface area (Å²) in [6.07, 6.45) is -0.235. The Balaban J connectivity index is 1.58. The number of fused-ring (bicyclic) bond motifs is 1. The van der Waals surface area contributed by atoms with E-state index in [0.717, 1.165) is 16.5 Å². The number of rotatable bonds is 5. The highest BCUT2D eigenvalue weighted by Gasteiger charge is 2.35. The van der Waals surface area contributed by atoms with Gasteiger partial charge in [-0.1, -0.05) is 23.8 Å². The van der Waals surface area contributed by atoms with Crippen LogP contribution in [0.1, 0.15) is 38.3 Å². The molecule has 2 aromatic rings. The molecule has 0 unspecified atom stereocenters. The molecule has 0 bridgehead atoms. The average Bonchev–Trinajstić information content (AvgIpc) is 2.84. The summed E-state index contributed by atoms with van der Waals surface area (Å²) in [5.74, 6) is -3.75. The maximum Gasteiger partial charge on any atom is 0.307 e. The summed E-state index contributed by atoms with van der Waals surface area (Å²) in [5, 5.41) is 0. The number of aryl methyl sites for hydroxylation is 1. The Kier molecular flexibility index (Phi) is 4.79. The van der Waals surface area contributed by atoms with Crippen LogP contribution in [-0.2, 0) is 16.1 Å². The number of nitrogens with zero attached hydrogens (tertiary/aromatic N) is 1. The summed E-state index contributed by atoms with van der Waals surface area (Å²) >= 11 is 0. The number of amides is 2. The van der Waals surface area contributed by atoms with Crippen LogP contribution < -0.4 is 0 Å². The van der Waals surface area contributed by atoms with Crippen LogP contribution in [0.5, 0.6) is 0 Å². The van der Waals surface area contributed by atoms with E-state index >= 15 is 0 Å². The molecule has 26 heavy (non-hydrogen) atoms. The van der Waals surface area contributed by atoms with Gasteiger partial charge < -0.3 is 4.74 Å². The van der Waals surface area contributed by atoms with Gasteiger partial charge in [-0.25, -0.2) is 8.78 Å². The van der Waals surface area contributed by atoms with E-state index in [4.69, 9.17) is 4.74 Å². The van der Waals surface area contributed by atoms with Crippen LogP contribution in [0, 0.1) is 18.6 Å². The number of esters is 1. The molecule has 134 valence electrons. The lowest BCUT2D eigenvalue weighted by Gasteiger charge is -2.13. The zero-order chi connectivity index (χ0) is 18.8. The highest BCUT2D eigenvalue weighted by molar-refractivity contribution is 6.21. The molecule has 2 aromatic carbocycles. The SMILES string of the molecule is Cc1ccc2c(c1)C(=O)N(CCC(=O)OCc1cccc(F)c1F)C2=O. The topological polar surface area (TPSA) is 63.7 Å². The van der Waals surface area contributed by atoms with Crippen LogP contribution in [0.3, 0.4) is 0 Å². The van der Waals surface area contributed by atoms with Gasteiger partial charge in [0.1, 0.15) is 6.61 Å². The minimum Gasteiger partial charge on any atom is -0.461 e. The van der Waals surface area contributed by atoms with Crippen molar-refractivity contribution in [1.29, 1.82) is 0 Å². The molecule has 0 atom stereocenters. The molecule has 0 aromatic heterocycles. The summed E-state index contributed by atoms with van der Waals surface area (Å²) in [5.41, 5.74) is 1.37. The van der Waals surface area contributed by atoms with Crippen LogP contribution in [0.15, 0.2) is 36.4 Å². The number of hydrogen-bond acceptors (Lipinski definition) is 4. The largest absolute Gasteiger partial charge is 0.461 e. The Morgan fingerprint density at radius 3 is 2.58 bits per heavy atom. The second kappa shape index (κ2) is 7.03. The predicted molar refractivity (Wildman–Crippen MR) is 87.3 cm³/mol. The summed E-state index contributed by atoms with van der Waals surface area (Å²) in [6.45, 7) is 1.24. The normalized spacial score (nSPS) is 13.1. The maximum atomic E-state index is 13.5. The number of halogens is 2. The first-order valence-electron chi connectivity index (χ1n) is 7.94. The second-order valence-electron chi connectivity index (χ2n) is 5.93. The zero-order valence-corrected chi connectivity index (χ0v) is 13.9. The molecular formula is C19H15F2NO4. The van der Waals surface area contributed by atoms with Gasteiger partial charge in [0.05, 0.1) is 17.5 Å². The van der Waals surface area contributed by atoms with Gasteiger partial charge in [-0.05, 0) is 25.1 Å². The first-order valence-corrected chi connectivity index (χ1v) is 7.94. The predicted octanol–water partition coefficient (Wildman–Crippen LogP) is 3.00. The molecule has 0 N–H and O–H groups in total. The Labute approximate surface area is 148 Å². The van der Waals surface area contributed by atoms with E-state index in [2.05, 4.69) is 0 Å². The fourth-order valence-electron chi connectivity index (χ4n) is 2.70. The van der Waals surface area contributed by atoms with Crippen LogP contribution in [0.4, 0.5) is 8.78 Å². The van der Waals surface area contributed by atoms with E-state index in [1.54, 1.807) is 18.2 Å². The van der Waals surface area contributed by atoms with Crippen LogP contribution in [0.2, 0.25) is 0 Å². The summed E-state index contributed by atoms with van der Waals surface area (Å²) in [6, 6.07) is 8.51. The molecule has 3 rings (SSSR count). The third-order valence-electron chi connectivity index (χ3n) is 4.09. The molecule has 0 aliphatic carbocycles. The van der Waals surface area contributed by atoms with Crippen molar-refractivity contribution in [2.45, 2.75) is 20.0 Å². The molecule has 1 aliphatic rings. The Morgan fingerprint density at radius 2 is 1.81 bits per heavy atom. The van der Waals surface area contributed by atoms with Gasteiger partial charge in [-0.2, -0.15) is 0 Å². The minimum atomic E-state index is -1.07. The fourth-order valence-corrected chi connectivity index (χ4v) is 2.70. The number of carbonyl (C=O) groups is 3. The van der Waals surface area contributed by atoms with E-state index < -0.39 is 36.0 Å². The van der Waals surface area contributed by atoms with Gasteiger partial charge in [-0.15, -0.1) is 0 Å². The fraction of sp³-hybridized carbons (Fsp3) is 0.211. The van der Waals surface area contributed by atoms with Crippen molar-refractivity contribution < 1.29 is 27.9 Å². The van der Waals surface area contributed by atoms with Crippen molar-refractivity contribution in [1.82, 2.24) is 4.90 Å². The second-order valence-corrected chi connectivity index (χ2v) is 5.93. The lowest BCUT2D eigenvalue weighted by Crippen LogP contribution is -2.32. The van der Waals surface area contributed by atoms with Crippen LogP contribution in [0.25, 0.3) is 0 Å². The lowest BCUT2D eigenvalue weighted by molar-refractivity contribution is -0.145. The molecule has 0 spiro atoms. The van der Waals surface area contributed by atoms with Gasteiger partial charge in [0.15, 0.2) is 11.6 Å². The van der Waals surface area contributed by atoms with E-state index in [9.17, 15) is 23.2 Å². The van der Waals surface area contributed by atoms with Crippen molar-refractivity contribution in [3.8, 4) is 0 Å². The van der Waals surface area contributed by atoms with Crippen molar-refractivity contribution >= 4 is 17.8 Å². The van der Waals surface area contributed by atoms with Crippen molar-refractivity contribution in [2.24, 2.45) is 0 Å². The Hall–Kier alpha value is -3.09. The lowest BCUT2D eigenvalue weighted by atomic mass is 10.1. The third kappa shape index (κ3) is 3.33. The van der Waals surface area contributed by atoms with Gasteiger partial charge in [0.2, 0.25) is 0 Å². The van der Waals surface area contributed by atoms with E-state index in [0.29, 0.717) is 11.1 Å². The van der Waals surface area contributed by atoms with Crippen molar-refractivity contribution in [3.05, 3.63) is 70.3 Å². The van der Waals surface area contributed by atoms with Crippen LogP contribution in [-0.4, -0.2) is 29.2 Å². The standard InChI is InChI=1S/C19H15F2NO4/c1-11-5-6-13-14(9-11)19(25)22(18(13)24)8-7-16(23)26-10-12-3-2-4-15(20)17(12)21/h2-6,9H,7-8,10H2,1H3. The molecule has 7 heteroatoms. The van der Waals surface area contributed by atoms with Gasteiger partial charge >= 0.3 is 5.97 Å². The van der Waals surface area contributed by atoms with E-state index in [1.165, 1.54) is 12.1 Å². The van der Waals surface area contributed by atoms with Crippen molar-refractivity contribution in [2.75, 3.05) is 6.54 Å². The van der Waals surface area contributed by atoms with E-state index in [1.807, 2.05) is 6.92 Å². The minimum absolute atomic E-state index is 0.0884. The Morgan fingerprint density at radius 1 is 1.08 bits per heavy atom. The van der Waals surface area contributed by atoms with Gasteiger partial charge in [0.25, 0.3) is 11.8 Å². The molecule has 0 fully saturated rings. The number of benzene rings is 2. The van der Waals surface area contributed by atoms with Gasteiger partial charge in [-0.3, -0.25) is 19.3 Å². The summed E-state index contributed by atoms with van der Waals surface area (Å²) in [4.78, 5) is 37.4. The molecular weight excluding hydrogens is 344 g/mol. The highest BCUT2D eigenvalue weighted by Crippen LogP contribution is 2.24. The smallest absolute Gasteiger partial charge is 0.307 e. The molecule has 0 radical (unpaired) electrons. The monoisotopic (exact) mass is 359 g/mol. The zero-order valence-electron chi connectivity index (χ0n) is 13.9. The molecule has 0 saturated carbocycles. The number of imide groups is 1. The Bertz CT molecular complexity index is 910. The molecule has 2 amide bonds. The van der Waals surface area contributed by atoms with Crippen molar-refractivity contribution in [3.63, 3.8) is 0 Å². The molecule has 5 nitrogen and oxygen atoms in total. The molecule has 0 saturated heterocycles. The summed E-state index contributed by atoms with van der Waals surface area (Å²) < 4.78 is 31.5. The number of carbonyl (C=O) groups excluding carboxylic acids is 3. The van der Waals surface area contributed by atoms with Gasteiger partial charge in [0, 0.05) is 12.1 Å². The third-order valence-corrected chi connectivity index (χ3v) is 4.09. The number of ether oxygens (including phenoxy) is 1. The van der Waals surface area contributed by atoms with Crippen LogP contribution >= 0.6 is 0 Å². The first-order chi connectivity index (χ1) is 12.4. The number of hydrogen-bond donors (Lipinski definition) is 0. The van der Waals surface area contributed by atoms with E-state index in [-0.39, 0.29) is 18.5 Å². The highest BCUT2D eigenvalue weighted by atomic mass is 19.2. The molecule has 1 heterocycles. The quantitative estimate of drug-likeness (QED) is 0.608. The average molecular weight is 359 g/mol. The first kappa shape index (κ1) is 17.7.